The summed E-state index contributed by atoms with van der Waals surface area (Å²) in [5.41, 5.74) is 1.26. The first-order chi connectivity index (χ1) is 10.6. The summed E-state index contributed by atoms with van der Waals surface area (Å²) < 4.78 is 26.9. The number of fused-ring (bicyclic) bond motifs is 1. The molecule has 2 aromatic carbocycles. The average Bonchev–Trinajstić information content (AvgIpc) is 2.93. The van der Waals surface area contributed by atoms with Crippen LogP contribution in [-0.2, 0) is 14.8 Å². The largest absolute Gasteiger partial charge is 0.299 e. The number of hydrogen-bond donors (Lipinski definition) is 0. The molecule has 0 spiro atoms. The molecule has 0 aliphatic heterocycles. The highest BCUT2D eigenvalue weighted by atomic mass is 32.2. The lowest BCUT2D eigenvalue weighted by molar-refractivity contribution is -0.104. The molecule has 3 rings (SSSR count). The molecule has 110 valence electrons. The van der Waals surface area contributed by atoms with Crippen LogP contribution in [0.15, 0.2) is 71.8 Å². The van der Waals surface area contributed by atoms with Crippen LogP contribution in [0.3, 0.4) is 0 Å². The zero-order valence-electron chi connectivity index (χ0n) is 11.6. The summed E-state index contributed by atoms with van der Waals surface area (Å²) >= 11 is 0. The summed E-state index contributed by atoms with van der Waals surface area (Å²) in [6, 6.07) is 15.5. The van der Waals surface area contributed by atoms with Crippen LogP contribution < -0.4 is 0 Å². The number of aromatic nitrogens is 1. The van der Waals surface area contributed by atoms with Gasteiger partial charge in [0.25, 0.3) is 10.0 Å². The molecule has 1 heterocycles. The third-order valence-corrected chi connectivity index (χ3v) is 5.05. The predicted molar refractivity (Wildman–Crippen MR) is 86.1 cm³/mol. The molecule has 3 aromatic rings. The van der Waals surface area contributed by atoms with E-state index in [0.29, 0.717) is 17.4 Å². The van der Waals surface area contributed by atoms with Gasteiger partial charge in [-0.25, -0.2) is 12.4 Å². The molecule has 0 saturated heterocycles. The van der Waals surface area contributed by atoms with Gasteiger partial charge in [-0.3, -0.25) is 4.79 Å². The Morgan fingerprint density at radius 2 is 1.59 bits per heavy atom. The van der Waals surface area contributed by atoms with Crippen molar-refractivity contribution in [3.8, 4) is 0 Å². The van der Waals surface area contributed by atoms with Gasteiger partial charge in [0.1, 0.15) is 6.29 Å². The number of benzene rings is 2. The normalized spacial score (nSPS) is 12.0. The van der Waals surface area contributed by atoms with Crippen molar-refractivity contribution in [3.05, 3.63) is 72.4 Å². The maximum atomic E-state index is 12.8. The van der Waals surface area contributed by atoms with Crippen molar-refractivity contribution in [1.82, 2.24) is 3.97 Å². The Labute approximate surface area is 128 Å². The van der Waals surface area contributed by atoms with Gasteiger partial charge < -0.3 is 0 Å². The molecule has 0 N–H and O–H groups in total. The van der Waals surface area contributed by atoms with Crippen LogP contribution in [0, 0.1) is 0 Å². The molecular formula is C17H13NO3S. The lowest BCUT2D eigenvalue weighted by Gasteiger charge is -2.07. The van der Waals surface area contributed by atoms with Gasteiger partial charge in [-0.2, -0.15) is 0 Å². The lowest BCUT2D eigenvalue weighted by Crippen LogP contribution is -2.11. The van der Waals surface area contributed by atoms with Crippen molar-refractivity contribution in [2.45, 2.75) is 4.90 Å². The Morgan fingerprint density at radius 3 is 2.32 bits per heavy atom. The average molecular weight is 311 g/mol. The van der Waals surface area contributed by atoms with Gasteiger partial charge >= 0.3 is 0 Å². The Hall–Kier alpha value is -2.66. The van der Waals surface area contributed by atoms with Crippen LogP contribution in [0.1, 0.15) is 5.56 Å². The summed E-state index contributed by atoms with van der Waals surface area (Å²) in [6.07, 6.45) is 5.15. The molecule has 0 saturated carbocycles. The minimum absolute atomic E-state index is 0.224. The van der Waals surface area contributed by atoms with Crippen molar-refractivity contribution < 1.29 is 13.2 Å². The van der Waals surface area contributed by atoms with Crippen molar-refractivity contribution in [1.29, 1.82) is 0 Å². The van der Waals surface area contributed by atoms with Crippen LogP contribution in [0.2, 0.25) is 0 Å². The van der Waals surface area contributed by atoms with Crippen molar-refractivity contribution >= 4 is 33.3 Å². The van der Waals surface area contributed by atoms with Crippen LogP contribution in [-0.4, -0.2) is 18.7 Å². The number of para-hydroxylation sites is 1. The zero-order valence-corrected chi connectivity index (χ0v) is 12.4. The molecule has 22 heavy (non-hydrogen) atoms. The fourth-order valence-corrected chi connectivity index (χ4v) is 3.75. The van der Waals surface area contributed by atoms with E-state index in [1.807, 2.05) is 12.1 Å². The van der Waals surface area contributed by atoms with E-state index < -0.39 is 10.0 Å². The Kier molecular flexibility index (Phi) is 3.65. The number of carbonyl (C=O) groups excluding carboxylic acids is 1. The van der Waals surface area contributed by atoms with Crippen molar-refractivity contribution in [3.63, 3.8) is 0 Å². The van der Waals surface area contributed by atoms with E-state index in [4.69, 9.17) is 0 Å². The standard InChI is InChI=1S/C17H13NO3S/c19-12-6-7-14-13-18(17-11-5-4-10-16(14)17)22(20,21)15-8-2-1-3-9-15/h1-13H/b7-6+. The fourth-order valence-electron chi connectivity index (χ4n) is 2.36. The molecule has 0 aliphatic carbocycles. The van der Waals surface area contributed by atoms with E-state index in [0.717, 1.165) is 5.39 Å². The minimum atomic E-state index is -3.68. The summed E-state index contributed by atoms with van der Waals surface area (Å²) in [4.78, 5) is 10.8. The van der Waals surface area contributed by atoms with Gasteiger partial charge in [0.2, 0.25) is 0 Å². The number of hydrogen-bond acceptors (Lipinski definition) is 3. The molecule has 0 radical (unpaired) electrons. The molecule has 0 unspecified atom stereocenters. The highest BCUT2D eigenvalue weighted by Crippen LogP contribution is 2.26. The maximum Gasteiger partial charge on any atom is 0.268 e. The minimum Gasteiger partial charge on any atom is -0.299 e. The molecule has 5 heteroatoms. The van der Waals surface area contributed by atoms with Gasteiger partial charge in [-0.1, -0.05) is 36.4 Å². The first kappa shape index (κ1) is 14.3. The highest BCUT2D eigenvalue weighted by Gasteiger charge is 2.19. The van der Waals surface area contributed by atoms with Crippen molar-refractivity contribution in [2.75, 3.05) is 0 Å². The zero-order chi connectivity index (χ0) is 15.6. The molecule has 0 aliphatic rings. The van der Waals surface area contributed by atoms with Crippen LogP contribution in [0.5, 0.6) is 0 Å². The SMILES string of the molecule is O=C/C=C/c1cn(S(=O)(=O)c2ccccc2)c2ccccc12. The van der Waals surface area contributed by atoms with Gasteiger partial charge in [0.05, 0.1) is 10.4 Å². The molecule has 0 bridgehead atoms. The lowest BCUT2D eigenvalue weighted by atomic mass is 10.2. The third kappa shape index (κ3) is 2.35. The van der Waals surface area contributed by atoms with E-state index in [1.165, 1.54) is 16.2 Å². The molecule has 0 fully saturated rings. The van der Waals surface area contributed by atoms with E-state index in [-0.39, 0.29) is 4.90 Å². The number of aldehydes is 1. The number of carbonyl (C=O) groups is 1. The molecule has 4 nitrogen and oxygen atoms in total. The van der Waals surface area contributed by atoms with E-state index >= 15 is 0 Å². The second-order valence-corrected chi connectivity index (χ2v) is 6.53. The van der Waals surface area contributed by atoms with E-state index in [9.17, 15) is 13.2 Å². The first-order valence-corrected chi connectivity index (χ1v) is 8.11. The maximum absolute atomic E-state index is 12.8. The Bertz CT molecular complexity index is 954. The quantitative estimate of drug-likeness (QED) is 0.549. The highest BCUT2D eigenvalue weighted by molar-refractivity contribution is 7.90. The number of allylic oxidation sites excluding steroid dienone is 1. The van der Waals surface area contributed by atoms with Gasteiger partial charge in [0, 0.05) is 17.1 Å². The van der Waals surface area contributed by atoms with Crippen molar-refractivity contribution in [2.24, 2.45) is 0 Å². The second-order valence-electron chi connectivity index (χ2n) is 4.71. The third-order valence-electron chi connectivity index (χ3n) is 3.36. The Morgan fingerprint density at radius 1 is 0.909 bits per heavy atom. The molecule has 0 atom stereocenters. The summed E-state index contributed by atoms with van der Waals surface area (Å²) in [5.74, 6) is 0. The van der Waals surface area contributed by atoms with Gasteiger partial charge in [0.15, 0.2) is 0 Å². The number of nitrogens with zero attached hydrogens (tertiary/aromatic N) is 1. The van der Waals surface area contributed by atoms with Crippen LogP contribution >= 0.6 is 0 Å². The number of rotatable bonds is 4. The van der Waals surface area contributed by atoms with Crippen LogP contribution in [0.4, 0.5) is 0 Å². The van der Waals surface area contributed by atoms with E-state index in [1.54, 1.807) is 48.5 Å². The molecule has 1 aromatic heterocycles. The smallest absolute Gasteiger partial charge is 0.268 e. The topological polar surface area (TPSA) is 56.1 Å². The fraction of sp³-hybridized carbons (Fsp3) is 0. The predicted octanol–water partition coefficient (Wildman–Crippen LogP) is 3.09. The summed E-state index contributed by atoms with van der Waals surface area (Å²) in [7, 11) is -3.68. The Balaban J connectivity index is 2.28. The summed E-state index contributed by atoms with van der Waals surface area (Å²) in [5, 5.41) is 0.778. The summed E-state index contributed by atoms with van der Waals surface area (Å²) in [6.45, 7) is 0. The molecular weight excluding hydrogens is 298 g/mol. The molecule has 0 amide bonds. The second kappa shape index (κ2) is 5.61. The van der Waals surface area contributed by atoms with Crippen LogP contribution in [0.25, 0.3) is 17.0 Å². The first-order valence-electron chi connectivity index (χ1n) is 6.67. The van der Waals surface area contributed by atoms with Gasteiger partial charge in [-0.05, 0) is 30.4 Å². The van der Waals surface area contributed by atoms with E-state index in [2.05, 4.69) is 0 Å². The van der Waals surface area contributed by atoms with Gasteiger partial charge in [-0.15, -0.1) is 0 Å². The monoisotopic (exact) mass is 311 g/mol.